The molecule has 0 bridgehead atoms. The first kappa shape index (κ1) is 17.3. The summed E-state index contributed by atoms with van der Waals surface area (Å²) in [4.78, 5) is 32.4. The smallest absolute Gasteiger partial charge is 0.450 e. The Morgan fingerprint density at radius 2 is 1.82 bits per heavy atom. The molecule has 3 amide bonds. The third-order valence-electron chi connectivity index (χ3n) is 2.73. The maximum absolute atomic E-state index is 11.7. The fourth-order valence-corrected chi connectivity index (χ4v) is 1.68. The molecular weight excluding hydrogens is 290 g/mol. The Bertz CT molecular complexity index is 516. The molecule has 22 heavy (non-hydrogen) atoms. The number of carbonyl (C=O) groups is 3. The van der Waals surface area contributed by atoms with Crippen LogP contribution in [0.5, 0.6) is 0 Å². The van der Waals surface area contributed by atoms with Crippen LogP contribution in [-0.4, -0.2) is 29.7 Å². The molecule has 0 saturated carbocycles. The zero-order chi connectivity index (χ0) is 16.4. The first-order valence-corrected chi connectivity index (χ1v) is 6.75. The van der Waals surface area contributed by atoms with E-state index in [4.69, 9.17) is 10.8 Å². The third kappa shape index (κ3) is 7.73. The summed E-state index contributed by atoms with van der Waals surface area (Å²) >= 11 is 0. The SMILES string of the molecule is NC(=O)NCCCCC(=O)Nc1ccc(COC(=O)O)cc1. The van der Waals surface area contributed by atoms with Crippen molar-refractivity contribution in [3.05, 3.63) is 29.8 Å². The minimum Gasteiger partial charge on any atom is -0.450 e. The molecule has 0 aromatic heterocycles. The summed E-state index contributed by atoms with van der Waals surface area (Å²) in [5.74, 6) is -0.131. The van der Waals surface area contributed by atoms with E-state index in [0.29, 0.717) is 37.1 Å². The number of benzene rings is 1. The van der Waals surface area contributed by atoms with Crippen LogP contribution in [0.4, 0.5) is 15.3 Å². The zero-order valence-corrected chi connectivity index (χ0v) is 12.0. The molecule has 120 valence electrons. The molecule has 1 aromatic carbocycles. The molecule has 0 heterocycles. The molecule has 0 spiro atoms. The number of hydrogen-bond acceptors (Lipinski definition) is 4. The van der Waals surface area contributed by atoms with E-state index in [1.54, 1.807) is 24.3 Å². The average Bonchev–Trinajstić information content (AvgIpc) is 2.45. The van der Waals surface area contributed by atoms with E-state index in [0.717, 1.165) is 0 Å². The van der Waals surface area contributed by atoms with Gasteiger partial charge in [-0.25, -0.2) is 9.59 Å². The molecule has 0 aliphatic rings. The predicted octanol–water partition coefficient (Wildman–Crippen LogP) is 1.66. The number of nitrogens with two attached hydrogens (primary N) is 1. The molecule has 1 rings (SSSR count). The van der Waals surface area contributed by atoms with Gasteiger partial charge in [0.05, 0.1) is 0 Å². The van der Waals surface area contributed by atoms with Gasteiger partial charge in [0.2, 0.25) is 5.91 Å². The number of carbonyl (C=O) groups excluding carboxylic acids is 2. The molecule has 8 heteroatoms. The lowest BCUT2D eigenvalue weighted by atomic mass is 10.2. The number of unbranched alkanes of at least 4 members (excludes halogenated alkanes) is 1. The molecule has 5 N–H and O–H groups in total. The summed E-state index contributed by atoms with van der Waals surface area (Å²) in [6.45, 7) is 0.414. The topological polar surface area (TPSA) is 131 Å². The summed E-state index contributed by atoms with van der Waals surface area (Å²) in [6.07, 6.45) is 0.311. The summed E-state index contributed by atoms with van der Waals surface area (Å²) in [5.41, 5.74) is 6.23. The van der Waals surface area contributed by atoms with Crippen LogP contribution in [0, 0.1) is 0 Å². The Labute approximate surface area is 127 Å². The van der Waals surface area contributed by atoms with E-state index in [1.165, 1.54) is 0 Å². The van der Waals surface area contributed by atoms with Crippen molar-refractivity contribution in [1.29, 1.82) is 0 Å². The molecule has 0 atom stereocenters. The zero-order valence-electron chi connectivity index (χ0n) is 12.0. The number of hydrogen-bond donors (Lipinski definition) is 4. The second kappa shape index (κ2) is 9.22. The largest absolute Gasteiger partial charge is 0.506 e. The van der Waals surface area contributed by atoms with Crippen molar-refractivity contribution >= 4 is 23.8 Å². The quantitative estimate of drug-likeness (QED) is 0.428. The highest BCUT2D eigenvalue weighted by atomic mass is 16.7. The lowest BCUT2D eigenvalue weighted by Gasteiger charge is -2.07. The second-order valence-electron chi connectivity index (χ2n) is 4.55. The van der Waals surface area contributed by atoms with Crippen LogP contribution in [0.25, 0.3) is 0 Å². The Morgan fingerprint density at radius 3 is 2.41 bits per heavy atom. The number of anilines is 1. The van der Waals surface area contributed by atoms with Crippen molar-refractivity contribution in [3.63, 3.8) is 0 Å². The highest BCUT2D eigenvalue weighted by molar-refractivity contribution is 5.90. The van der Waals surface area contributed by atoms with E-state index in [2.05, 4.69) is 15.4 Å². The minimum absolute atomic E-state index is 0.0313. The molecule has 0 radical (unpaired) electrons. The second-order valence-corrected chi connectivity index (χ2v) is 4.55. The van der Waals surface area contributed by atoms with Crippen LogP contribution in [0.2, 0.25) is 0 Å². The highest BCUT2D eigenvalue weighted by Gasteiger charge is 2.03. The van der Waals surface area contributed by atoms with Crippen molar-refractivity contribution < 1.29 is 24.2 Å². The number of ether oxygens (including phenoxy) is 1. The van der Waals surface area contributed by atoms with Crippen LogP contribution in [0.1, 0.15) is 24.8 Å². The minimum atomic E-state index is -1.33. The molecule has 0 fully saturated rings. The third-order valence-corrected chi connectivity index (χ3v) is 2.73. The van der Waals surface area contributed by atoms with Gasteiger partial charge < -0.3 is 26.2 Å². The molecule has 0 unspecified atom stereocenters. The first-order valence-electron chi connectivity index (χ1n) is 6.75. The predicted molar refractivity (Wildman–Crippen MR) is 79.3 cm³/mol. The van der Waals surface area contributed by atoms with E-state index in [9.17, 15) is 14.4 Å². The Morgan fingerprint density at radius 1 is 1.14 bits per heavy atom. The van der Waals surface area contributed by atoms with Gasteiger partial charge >= 0.3 is 12.2 Å². The van der Waals surface area contributed by atoms with Crippen LogP contribution >= 0.6 is 0 Å². The normalized spacial score (nSPS) is 9.82. The number of nitrogens with one attached hydrogen (secondary N) is 2. The summed E-state index contributed by atoms with van der Waals surface area (Å²) in [5, 5.41) is 13.6. The van der Waals surface area contributed by atoms with Gasteiger partial charge in [-0.1, -0.05) is 12.1 Å². The van der Waals surface area contributed by atoms with E-state index in [-0.39, 0.29) is 12.5 Å². The Kier molecular flexibility index (Phi) is 7.24. The van der Waals surface area contributed by atoms with Crippen molar-refractivity contribution in [2.24, 2.45) is 5.73 Å². The molecule has 0 saturated heterocycles. The van der Waals surface area contributed by atoms with Gasteiger partial charge in [-0.3, -0.25) is 4.79 Å². The lowest BCUT2D eigenvalue weighted by Crippen LogP contribution is -2.30. The van der Waals surface area contributed by atoms with Crippen LogP contribution in [-0.2, 0) is 16.1 Å². The van der Waals surface area contributed by atoms with Gasteiger partial charge in [0.15, 0.2) is 0 Å². The molecular formula is C14H19N3O5. The van der Waals surface area contributed by atoms with E-state index >= 15 is 0 Å². The summed E-state index contributed by atoms with van der Waals surface area (Å²) in [6, 6.07) is 6.13. The fourth-order valence-electron chi connectivity index (χ4n) is 1.68. The van der Waals surface area contributed by atoms with Gasteiger partial charge in [-0.15, -0.1) is 0 Å². The fraction of sp³-hybridized carbons (Fsp3) is 0.357. The maximum atomic E-state index is 11.7. The van der Waals surface area contributed by atoms with Gasteiger partial charge in [0, 0.05) is 18.7 Å². The van der Waals surface area contributed by atoms with Crippen LogP contribution in [0.15, 0.2) is 24.3 Å². The van der Waals surface area contributed by atoms with Crippen molar-refractivity contribution in [2.45, 2.75) is 25.9 Å². The van der Waals surface area contributed by atoms with Gasteiger partial charge in [0.25, 0.3) is 0 Å². The van der Waals surface area contributed by atoms with Crippen molar-refractivity contribution in [2.75, 3.05) is 11.9 Å². The molecule has 0 aliphatic heterocycles. The van der Waals surface area contributed by atoms with Gasteiger partial charge in [-0.05, 0) is 30.5 Å². The first-order chi connectivity index (χ1) is 10.5. The standard InChI is InChI=1S/C14H19N3O5/c15-13(19)16-8-2-1-3-12(18)17-11-6-4-10(5-7-11)9-22-14(20)21/h4-7H,1-3,8-9H2,(H,17,18)(H,20,21)(H3,15,16,19). The average molecular weight is 309 g/mol. The number of rotatable bonds is 8. The number of urea groups is 1. The van der Waals surface area contributed by atoms with E-state index < -0.39 is 12.2 Å². The maximum Gasteiger partial charge on any atom is 0.506 e. The summed E-state index contributed by atoms with van der Waals surface area (Å²) in [7, 11) is 0. The number of carboxylic acid groups (broad SMARTS) is 1. The molecule has 8 nitrogen and oxygen atoms in total. The van der Waals surface area contributed by atoms with Crippen molar-refractivity contribution in [3.8, 4) is 0 Å². The van der Waals surface area contributed by atoms with Gasteiger partial charge in [0.1, 0.15) is 6.61 Å². The van der Waals surface area contributed by atoms with Crippen molar-refractivity contribution in [1.82, 2.24) is 5.32 Å². The Balaban J connectivity index is 2.26. The van der Waals surface area contributed by atoms with Crippen LogP contribution < -0.4 is 16.4 Å². The van der Waals surface area contributed by atoms with Crippen LogP contribution in [0.3, 0.4) is 0 Å². The lowest BCUT2D eigenvalue weighted by molar-refractivity contribution is -0.116. The monoisotopic (exact) mass is 309 g/mol. The Hall–Kier alpha value is -2.77. The highest BCUT2D eigenvalue weighted by Crippen LogP contribution is 2.11. The van der Waals surface area contributed by atoms with Gasteiger partial charge in [-0.2, -0.15) is 0 Å². The van der Waals surface area contributed by atoms with E-state index in [1.807, 2.05) is 0 Å². The number of amides is 3. The summed E-state index contributed by atoms with van der Waals surface area (Å²) < 4.78 is 4.43. The molecule has 1 aromatic rings. The number of primary amides is 1. The molecule has 0 aliphatic carbocycles.